The lowest BCUT2D eigenvalue weighted by Crippen LogP contribution is -2.15. The van der Waals surface area contributed by atoms with Crippen LogP contribution < -0.4 is 14.8 Å². The van der Waals surface area contributed by atoms with Crippen LogP contribution in [0, 0.1) is 12.7 Å². The molecular weight excluding hydrogens is 427 g/mol. The molecule has 8 nitrogen and oxygen atoms in total. The number of anilines is 1. The number of hydrogen-bond acceptors (Lipinski definition) is 7. The number of carbonyl (C=O) groups is 1. The maximum absolute atomic E-state index is 13.8. The number of hydrogen-bond donors (Lipinski definition) is 1. The molecule has 0 unspecified atom stereocenters. The second-order valence-electron chi connectivity index (χ2n) is 7.17. The van der Waals surface area contributed by atoms with Crippen LogP contribution in [0.4, 0.5) is 10.3 Å². The number of rotatable bonds is 7. The van der Waals surface area contributed by atoms with Gasteiger partial charge in [-0.2, -0.15) is 0 Å². The molecular formula is C24H21FN4O4. The van der Waals surface area contributed by atoms with E-state index in [1.54, 1.807) is 49.5 Å². The Kier molecular flexibility index (Phi) is 6.30. The molecule has 0 spiro atoms. The van der Waals surface area contributed by atoms with Gasteiger partial charge in [-0.1, -0.05) is 17.3 Å². The van der Waals surface area contributed by atoms with Crippen LogP contribution in [0.15, 0.2) is 59.5 Å². The zero-order valence-corrected chi connectivity index (χ0v) is 18.3. The summed E-state index contributed by atoms with van der Waals surface area (Å²) >= 11 is 0. The van der Waals surface area contributed by atoms with E-state index < -0.39 is 0 Å². The number of carbonyl (C=O) groups excluding carboxylic acids is 1. The second-order valence-corrected chi connectivity index (χ2v) is 7.17. The number of nitrogens with one attached hydrogen (secondary N) is 1. The van der Waals surface area contributed by atoms with Crippen LogP contribution in [-0.2, 0) is 11.2 Å². The van der Waals surface area contributed by atoms with E-state index in [4.69, 9.17) is 14.0 Å². The van der Waals surface area contributed by atoms with E-state index in [0.29, 0.717) is 45.1 Å². The van der Waals surface area contributed by atoms with E-state index in [1.165, 1.54) is 26.6 Å². The van der Waals surface area contributed by atoms with Crippen molar-refractivity contribution in [2.24, 2.45) is 0 Å². The van der Waals surface area contributed by atoms with Gasteiger partial charge in [0.05, 0.1) is 31.9 Å². The lowest BCUT2D eigenvalue weighted by Gasteiger charge is -2.12. The number of ether oxygens (including phenoxy) is 2. The Hall–Kier alpha value is -4.27. The first-order valence-corrected chi connectivity index (χ1v) is 10.0. The van der Waals surface area contributed by atoms with Crippen molar-refractivity contribution in [3.63, 3.8) is 0 Å². The Labute approximate surface area is 189 Å². The third kappa shape index (κ3) is 4.52. The van der Waals surface area contributed by atoms with Crippen LogP contribution in [0.25, 0.3) is 22.5 Å². The van der Waals surface area contributed by atoms with Gasteiger partial charge in [0.1, 0.15) is 17.8 Å². The maximum Gasteiger partial charge on any atom is 0.241 e. The summed E-state index contributed by atoms with van der Waals surface area (Å²) in [4.78, 5) is 21.1. The van der Waals surface area contributed by atoms with Crippen LogP contribution in [0.3, 0.4) is 0 Å². The van der Waals surface area contributed by atoms with E-state index in [9.17, 15) is 9.18 Å². The van der Waals surface area contributed by atoms with Gasteiger partial charge < -0.3 is 14.0 Å². The highest BCUT2D eigenvalue weighted by Crippen LogP contribution is 2.37. The van der Waals surface area contributed by atoms with Crippen molar-refractivity contribution in [1.82, 2.24) is 15.1 Å². The Morgan fingerprint density at radius 1 is 1.15 bits per heavy atom. The van der Waals surface area contributed by atoms with Crippen molar-refractivity contribution in [1.29, 1.82) is 0 Å². The predicted octanol–water partition coefficient (Wildman–Crippen LogP) is 4.44. The molecule has 0 aliphatic heterocycles. The normalized spacial score (nSPS) is 10.7. The first-order valence-electron chi connectivity index (χ1n) is 10.0. The molecule has 0 radical (unpaired) electrons. The van der Waals surface area contributed by atoms with Gasteiger partial charge in [-0.3, -0.25) is 10.1 Å². The maximum atomic E-state index is 13.8. The van der Waals surface area contributed by atoms with Crippen LogP contribution in [0.5, 0.6) is 11.5 Å². The molecule has 1 amide bonds. The highest BCUT2D eigenvalue weighted by Gasteiger charge is 2.23. The van der Waals surface area contributed by atoms with Gasteiger partial charge in [-0.15, -0.1) is 0 Å². The molecule has 33 heavy (non-hydrogen) atoms. The number of aromatic nitrogens is 3. The van der Waals surface area contributed by atoms with Crippen molar-refractivity contribution < 1.29 is 23.2 Å². The highest BCUT2D eigenvalue weighted by atomic mass is 19.1. The predicted molar refractivity (Wildman–Crippen MR) is 120 cm³/mol. The number of para-hydroxylation sites is 1. The number of methoxy groups -OCH3 is 2. The number of nitrogens with zero attached hydrogens (tertiary/aromatic N) is 3. The molecule has 1 N–H and O–H groups in total. The molecule has 2 aromatic heterocycles. The first-order chi connectivity index (χ1) is 16.0. The number of halogens is 1. The second kappa shape index (κ2) is 9.47. The van der Waals surface area contributed by atoms with Gasteiger partial charge >= 0.3 is 0 Å². The van der Waals surface area contributed by atoms with E-state index in [2.05, 4.69) is 20.4 Å². The third-order valence-electron chi connectivity index (χ3n) is 5.05. The zero-order valence-electron chi connectivity index (χ0n) is 18.3. The van der Waals surface area contributed by atoms with E-state index in [1.807, 2.05) is 0 Å². The van der Waals surface area contributed by atoms with Gasteiger partial charge in [0.25, 0.3) is 0 Å². The smallest absolute Gasteiger partial charge is 0.241 e. The largest absolute Gasteiger partial charge is 0.493 e. The number of amides is 1. The van der Waals surface area contributed by atoms with Crippen molar-refractivity contribution >= 4 is 11.8 Å². The third-order valence-corrected chi connectivity index (χ3v) is 5.05. The summed E-state index contributed by atoms with van der Waals surface area (Å²) in [5, 5.41) is 6.90. The summed E-state index contributed by atoms with van der Waals surface area (Å²) in [6.07, 6.45) is 2.96. The topological polar surface area (TPSA) is 99.4 Å². The minimum atomic E-state index is -0.352. The summed E-state index contributed by atoms with van der Waals surface area (Å²) in [5.41, 5.74) is 3.12. The lowest BCUT2D eigenvalue weighted by atomic mass is 10.0. The average Bonchev–Trinajstić information content (AvgIpc) is 3.24. The van der Waals surface area contributed by atoms with Gasteiger partial charge in [0.2, 0.25) is 11.8 Å². The molecule has 0 saturated carbocycles. The van der Waals surface area contributed by atoms with E-state index >= 15 is 0 Å². The average molecular weight is 448 g/mol. The molecule has 0 atom stereocenters. The number of aryl methyl sites for hydroxylation is 1. The zero-order chi connectivity index (χ0) is 23.4. The highest BCUT2D eigenvalue weighted by molar-refractivity contribution is 5.97. The molecule has 0 fully saturated rings. The minimum Gasteiger partial charge on any atom is -0.493 e. The quantitative estimate of drug-likeness (QED) is 0.446. The minimum absolute atomic E-state index is 0.00920. The molecule has 0 aliphatic rings. The van der Waals surface area contributed by atoms with Crippen molar-refractivity contribution in [3.8, 4) is 34.0 Å². The Morgan fingerprint density at radius 3 is 2.70 bits per heavy atom. The van der Waals surface area contributed by atoms with Crippen molar-refractivity contribution in [2.75, 3.05) is 19.5 Å². The van der Waals surface area contributed by atoms with Crippen molar-refractivity contribution in [3.05, 3.63) is 71.9 Å². The standard InChI is InChI=1S/C24H21FN4O4/c1-14-11-15(7-8-17(14)25)22-21(18-9-10-26-13-27-18)24(33-29-22)28-20(30)12-16-5-4-6-19(31-2)23(16)32-3/h4-11,13H,12H2,1-3H3,(H,28,30). The fraction of sp³-hybridized carbons (Fsp3) is 0.167. The molecule has 168 valence electrons. The van der Waals surface area contributed by atoms with Crippen LogP contribution in [-0.4, -0.2) is 35.3 Å². The van der Waals surface area contributed by atoms with Gasteiger partial charge in [-0.25, -0.2) is 14.4 Å². The summed E-state index contributed by atoms with van der Waals surface area (Å²) in [6, 6.07) is 11.6. The molecule has 2 aromatic carbocycles. The summed E-state index contributed by atoms with van der Waals surface area (Å²) in [6.45, 7) is 1.66. The first kappa shape index (κ1) is 21.9. The fourth-order valence-electron chi connectivity index (χ4n) is 3.48. The molecule has 2 heterocycles. The van der Waals surface area contributed by atoms with Crippen LogP contribution in [0.2, 0.25) is 0 Å². The van der Waals surface area contributed by atoms with Crippen LogP contribution in [0.1, 0.15) is 11.1 Å². The molecule has 4 aromatic rings. The Bertz CT molecular complexity index is 1290. The summed E-state index contributed by atoms with van der Waals surface area (Å²) < 4.78 is 30.0. The Balaban J connectivity index is 1.69. The molecule has 0 aliphatic carbocycles. The number of benzene rings is 2. The summed E-state index contributed by atoms with van der Waals surface area (Å²) in [7, 11) is 3.04. The fourth-order valence-corrected chi connectivity index (χ4v) is 3.48. The Morgan fingerprint density at radius 2 is 2.00 bits per heavy atom. The van der Waals surface area contributed by atoms with Gasteiger partial charge in [-0.05, 0) is 42.8 Å². The SMILES string of the molecule is COc1cccc(CC(=O)Nc2onc(-c3ccc(F)c(C)c3)c2-c2ccncn2)c1OC. The van der Waals surface area contributed by atoms with Crippen LogP contribution >= 0.6 is 0 Å². The van der Waals surface area contributed by atoms with Crippen molar-refractivity contribution in [2.45, 2.75) is 13.3 Å². The molecule has 4 rings (SSSR count). The molecule has 9 heteroatoms. The van der Waals surface area contributed by atoms with E-state index in [0.717, 1.165) is 0 Å². The lowest BCUT2D eigenvalue weighted by molar-refractivity contribution is -0.115. The summed E-state index contributed by atoms with van der Waals surface area (Å²) in [5.74, 6) is 0.448. The monoisotopic (exact) mass is 448 g/mol. The molecule has 0 bridgehead atoms. The van der Waals surface area contributed by atoms with Gasteiger partial charge in [0, 0.05) is 17.3 Å². The molecule has 0 saturated heterocycles. The van der Waals surface area contributed by atoms with E-state index in [-0.39, 0.29) is 24.0 Å². The van der Waals surface area contributed by atoms with Gasteiger partial charge in [0.15, 0.2) is 11.5 Å².